The number of unbranched alkanes of at least 4 members (excludes halogenated alkanes) is 9. The van der Waals surface area contributed by atoms with Gasteiger partial charge in [-0.2, -0.15) is 0 Å². The molecule has 1 atom stereocenters. The van der Waals surface area contributed by atoms with Crippen molar-refractivity contribution in [3.8, 4) is 0 Å². The van der Waals surface area contributed by atoms with Crippen molar-refractivity contribution in [2.24, 2.45) is 0 Å². The van der Waals surface area contributed by atoms with Gasteiger partial charge < -0.3 is 0 Å². The van der Waals surface area contributed by atoms with Crippen LogP contribution < -0.4 is 0 Å². The third kappa shape index (κ3) is 11.5. The van der Waals surface area contributed by atoms with Gasteiger partial charge in [-0.25, -0.2) is 0 Å². The average Bonchev–Trinajstić information content (AvgIpc) is 2.60. The molecular weight excluding hydrogens is 348 g/mol. The van der Waals surface area contributed by atoms with Crippen molar-refractivity contribution in [3.05, 3.63) is 35.9 Å². The van der Waals surface area contributed by atoms with Gasteiger partial charge in [0.1, 0.15) is 3.53 Å². The molecule has 0 aromatic heterocycles. The molecule has 3 heteroatoms. The van der Waals surface area contributed by atoms with Crippen LogP contribution in [0.15, 0.2) is 30.3 Å². The highest BCUT2D eigenvalue weighted by molar-refractivity contribution is 8.47. The van der Waals surface area contributed by atoms with E-state index in [2.05, 4.69) is 44.2 Å². The van der Waals surface area contributed by atoms with E-state index in [9.17, 15) is 0 Å². The minimum Gasteiger partial charge on any atom is -0.108 e. The summed E-state index contributed by atoms with van der Waals surface area (Å²) >= 11 is 9.23. The Bertz CT molecular complexity index is 416. The number of thiocarbonyl (C=S) groups is 1. The Morgan fingerprint density at radius 1 is 0.875 bits per heavy atom. The van der Waals surface area contributed by atoms with E-state index in [1.54, 1.807) is 0 Å². The first kappa shape index (κ1) is 22.1. The van der Waals surface area contributed by atoms with E-state index in [1.165, 1.54) is 75.5 Å². The number of benzene rings is 1. The van der Waals surface area contributed by atoms with Crippen LogP contribution in [-0.4, -0.2) is 9.28 Å². The summed E-state index contributed by atoms with van der Waals surface area (Å²) in [7, 11) is 0. The molecule has 24 heavy (non-hydrogen) atoms. The molecular formula is C21H34S3. The van der Waals surface area contributed by atoms with Crippen molar-refractivity contribution in [3.63, 3.8) is 0 Å². The molecule has 0 amide bonds. The van der Waals surface area contributed by atoms with Gasteiger partial charge in [0.15, 0.2) is 0 Å². The predicted octanol–water partition coefficient (Wildman–Crippen LogP) is 8.42. The molecule has 0 fully saturated rings. The molecule has 0 saturated carbocycles. The lowest BCUT2D eigenvalue weighted by molar-refractivity contribution is 0.563. The van der Waals surface area contributed by atoms with Crippen LogP contribution in [0.25, 0.3) is 0 Å². The minimum atomic E-state index is 0.457. The second-order valence-corrected chi connectivity index (χ2v) is 10.1. The summed E-state index contributed by atoms with van der Waals surface area (Å²) in [6.45, 7) is 4.53. The van der Waals surface area contributed by atoms with Gasteiger partial charge in [0.05, 0.1) is 0 Å². The molecule has 0 spiro atoms. The third-order valence-corrected chi connectivity index (χ3v) is 7.09. The molecule has 0 aliphatic carbocycles. The normalized spacial score (nSPS) is 12.2. The fourth-order valence-corrected chi connectivity index (χ4v) is 5.45. The maximum atomic E-state index is 5.53. The molecule has 0 heterocycles. The molecule has 0 radical (unpaired) electrons. The molecule has 0 nitrogen and oxygen atoms in total. The van der Waals surface area contributed by atoms with E-state index in [0.717, 1.165) is 3.53 Å². The van der Waals surface area contributed by atoms with E-state index in [4.69, 9.17) is 12.2 Å². The second kappa shape index (κ2) is 15.3. The molecule has 0 N–H and O–H groups in total. The molecule has 1 unspecified atom stereocenters. The Hall–Kier alpha value is 0.01000. The molecule has 0 bridgehead atoms. The average molecular weight is 383 g/mol. The Labute approximate surface area is 164 Å². The van der Waals surface area contributed by atoms with Crippen LogP contribution in [0.3, 0.4) is 0 Å². The zero-order valence-corrected chi connectivity index (χ0v) is 17.9. The maximum Gasteiger partial charge on any atom is 0.104 e. The van der Waals surface area contributed by atoms with Crippen LogP contribution in [-0.2, 0) is 0 Å². The first-order chi connectivity index (χ1) is 11.7. The molecule has 1 rings (SSSR count). The second-order valence-electron chi connectivity index (χ2n) is 6.45. The molecule has 1 aromatic carbocycles. The minimum absolute atomic E-state index is 0.457. The Morgan fingerprint density at radius 2 is 1.42 bits per heavy atom. The lowest BCUT2D eigenvalue weighted by Gasteiger charge is -2.11. The number of hydrogen-bond donors (Lipinski definition) is 0. The first-order valence-electron chi connectivity index (χ1n) is 9.62. The van der Waals surface area contributed by atoms with Crippen LogP contribution >= 0.6 is 35.7 Å². The van der Waals surface area contributed by atoms with Crippen LogP contribution in [0, 0.1) is 0 Å². The fourth-order valence-electron chi connectivity index (χ4n) is 2.72. The van der Waals surface area contributed by atoms with E-state index in [0.29, 0.717) is 5.25 Å². The molecule has 0 aliphatic heterocycles. The zero-order chi connectivity index (χ0) is 17.5. The highest BCUT2D eigenvalue weighted by Crippen LogP contribution is 2.33. The van der Waals surface area contributed by atoms with Gasteiger partial charge >= 0.3 is 0 Å². The highest BCUT2D eigenvalue weighted by atomic mass is 32.2. The van der Waals surface area contributed by atoms with E-state index < -0.39 is 0 Å². The van der Waals surface area contributed by atoms with Crippen LogP contribution in [0.4, 0.5) is 0 Å². The van der Waals surface area contributed by atoms with Crippen LogP contribution in [0.5, 0.6) is 0 Å². The fraction of sp³-hybridized carbons (Fsp3) is 0.667. The summed E-state index contributed by atoms with van der Waals surface area (Å²) in [5.41, 5.74) is 1.37. The standard InChI is InChI=1S/C21H34S3/c1-3-4-5-6-7-8-9-10-11-15-18-23-21(22)24-19(2)20-16-13-12-14-17-20/h12-14,16-17,19H,3-11,15,18H2,1-2H3. The number of thioether (sulfide) groups is 2. The molecule has 1 aromatic rings. The lowest BCUT2D eigenvalue weighted by Crippen LogP contribution is -1.92. The van der Waals surface area contributed by atoms with Crippen molar-refractivity contribution in [2.45, 2.75) is 83.3 Å². The monoisotopic (exact) mass is 382 g/mol. The maximum absolute atomic E-state index is 5.53. The van der Waals surface area contributed by atoms with E-state index in [1.807, 2.05) is 23.5 Å². The summed E-state index contributed by atoms with van der Waals surface area (Å²) in [6, 6.07) is 10.7. The van der Waals surface area contributed by atoms with Crippen molar-refractivity contribution < 1.29 is 0 Å². The van der Waals surface area contributed by atoms with Crippen molar-refractivity contribution >= 4 is 39.3 Å². The van der Waals surface area contributed by atoms with Gasteiger partial charge in [-0.3, -0.25) is 0 Å². The Balaban J connectivity index is 1.93. The van der Waals surface area contributed by atoms with Crippen molar-refractivity contribution in [1.29, 1.82) is 0 Å². The van der Waals surface area contributed by atoms with Crippen LogP contribution in [0.2, 0.25) is 0 Å². The quantitative estimate of drug-likeness (QED) is 0.248. The summed E-state index contributed by atoms with van der Waals surface area (Å²) in [5, 5.41) is 0.457. The summed E-state index contributed by atoms with van der Waals surface area (Å²) in [4.78, 5) is 0. The van der Waals surface area contributed by atoms with Crippen molar-refractivity contribution in [1.82, 2.24) is 0 Å². The molecule has 0 aliphatic rings. The van der Waals surface area contributed by atoms with Gasteiger partial charge in [-0.15, -0.1) is 11.8 Å². The third-order valence-electron chi connectivity index (χ3n) is 4.26. The Kier molecular flexibility index (Phi) is 14.0. The first-order valence-corrected chi connectivity index (χ1v) is 11.9. The van der Waals surface area contributed by atoms with E-state index in [-0.39, 0.29) is 0 Å². The smallest absolute Gasteiger partial charge is 0.104 e. The zero-order valence-electron chi connectivity index (χ0n) is 15.5. The number of rotatable bonds is 13. The lowest BCUT2D eigenvalue weighted by atomic mass is 10.1. The summed E-state index contributed by atoms with van der Waals surface area (Å²) < 4.78 is 1.10. The largest absolute Gasteiger partial charge is 0.108 e. The topological polar surface area (TPSA) is 0 Å². The summed E-state index contributed by atoms with van der Waals surface area (Å²) in [5.74, 6) is 1.18. The van der Waals surface area contributed by atoms with Gasteiger partial charge in [0.2, 0.25) is 0 Å². The summed E-state index contributed by atoms with van der Waals surface area (Å²) in [6.07, 6.45) is 14.0. The molecule has 136 valence electrons. The van der Waals surface area contributed by atoms with Crippen molar-refractivity contribution in [2.75, 3.05) is 5.75 Å². The van der Waals surface area contributed by atoms with Gasteiger partial charge in [-0.05, 0) is 24.7 Å². The highest BCUT2D eigenvalue weighted by Gasteiger charge is 2.09. The van der Waals surface area contributed by atoms with Gasteiger partial charge in [0, 0.05) is 5.25 Å². The predicted molar refractivity (Wildman–Crippen MR) is 119 cm³/mol. The molecule has 0 saturated heterocycles. The van der Waals surface area contributed by atoms with Gasteiger partial charge in [-0.1, -0.05) is 119 Å². The Morgan fingerprint density at radius 3 is 2.00 bits per heavy atom. The van der Waals surface area contributed by atoms with E-state index >= 15 is 0 Å². The number of hydrogen-bond acceptors (Lipinski definition) is 3. The SMILES string of the molecule is CCCCCCCCCCCCSC(=S)SC(C)c1ccccc1. The van der Waals surface area contributed by atoms with Crippen LogP contribution in [0.1, 0.15) is 88.9 Å². The van der Waals surface area contributed by atoms with Gasteiger partial charge in [0.25, 0.3) is 0 Å².